The summed E-state index contributed by atoms with van der Waals surface area (Å²) in [7, 11) is -1.27. The summed E-state index contributed by atoms with van der Waals surface area (Å²) < 4.78 is 27.2. The molecule has 1 rings (SSSR count). The molecule has 0 aromatic heterocycles. The average Bonchev–Trinajstić information content (AvgIpc) is 2.45. The van der Waals surface area contributed by atoms with E-state index in [2.05, 4.69) is 15.2 Å². The van der Waals surface area contributed by atoms with Gasteiger partial charge in [-0.25, -0.2) is 8.42 Å². The third kappa shape index (κ3) is 8.75. The molecular weight excluding hydrogens is 320 g/mol. The van der Waals surface area contributed by atoms with Crippen molar-refractivity contribution in [3.8, 4) is 0 Å². The van der Waals surface area contributed by atoms with Gasteiger partial charge in [0.1, 0.15) is 9.84 Å². The molecule has 23 heavy (non-hydrogen) atoms. The van der Waals surface area contributed by atoms with E-state index in [4.69, 9.17) is 10.5 Å². The van der Waals surface area contributed by atoms with E-state index >= 15 is 0 Å². The number of carbonyl (C=O) groups excluding carboxylic acids is 1. The zero-order chi connectivity index (χ0) is 17.3. The Labute approximate surface area is 138 Å². The van der Waals surface area contributed by atoms with Crippen LogP contribution in [0.4, 0.5) is 0 Å². The normalized spacial score (nSPS) is 19.7. The lowest BCUT2D eigenvalue weighted by atomic mass is 9.95. The van der Waals surface area contributed by atoms with Gasteiger partial charge in [0.05, 0.1) is 19.0 Å². The molecule has 1 aliphatic heterocycles. The molecule has 0 spiro atoms. The maximum Gasteiger partial charge on any atom is 0.217 e. The number of piperidine rings is 1. The molecule has 1 saturated heterocycles. The maximum absolute atomic E-state index is 11.1. The molecule has 9 heteroatoms. The summed E-state index contributed by atoms with van der Waals surface area (Å²) in [5, 5.41) is 3.20. The second kappa shape index (κ2) is 9.71. The van der Waals surface area contributed by atoms with Crippen LogP contribution >= 0.6 is 0 Å². The summed E-state index contributed by atoms with van der Waals surface area (Å²) in [6.07, 6.45) is 3.60. The minimum atomic E-state index is -2.98. The van der Waals surface area contributed by atoms with Gasteiger partial charge < -0.3 is 20.7 Å². The number of aliphatic imine (C=N–C) groups is 1. The number of primary amides is 1. The second-order valence-corrected chi connectivity index (χ2v) is 8.10. The fraction of sp³-hybridized carbons (Fsp3) is 0.857. The first-order valence-electron chi connectivity index (χ1n) is 7.81. The maximum atomic E-state index is 11.1. The fourth-order valence-corrected chi connectivity index (χ4v) is 3.01. The lowest BCUT2D eigenvalue weighted by Gasteiger charge is -2.34. The first-order valence-corrected chi connectivity index (χ1v) is 9.87. The van der Waals surface area contributed by atoms with Crippen molar-refractivity contribution in [3.63, 3.8) is 0 Å². The molecule has 0 aromatic rings. The van der Waals surface area contributed by atoms with E-state index in [1.165, 1.54) is 6.26 Å². The molecule has 1 unspecified atom stereocenters. The van der Waals surface area contributed by atoms with Crippen LogP contribution in [-0.4, -0.2) is 77.1 Å². The Hall–Kier alpha value is -1.35. The molecule has 0 aliphatic carbocycles. The third-order valence-electron chi connectivity index (χ3n) is 3.65. The van der Waals surface area contributed by atoms with Crippen molar-refractivity contribution >= 4 is 21.7 Å². The zero-order valence-electron chi connectivity index (χ0n) is 14.0. The van der Waals surface area contributed by atoms with Crippen LogP contribution in [0.1, 0.15) is 19.3 Å². The summed E-state index contributed by atoms with van der Waals surface area (Å²) in [6.45, 7) is 2.81. The topological polar surface area (TPSA) is 114 Å². The van der Waals surface area contributed by atoms with Gasteiger partial charge in [-0.2, -0.15) is 0 Å². The standard InChI is InChI=1S/C14H28N4O4S/c1-16-14(17-5-7-22-8-9-23(2,20)21)18-6-3-4-12(11-18)10-13(15)19/h12H,3-11H2,1-2H3,(H2,15,19)(H,16,17). The largest absolute Gasteiger partial charge is 0.379 e. The summed E-state index contributed by atoms with van der Waals surface area (Å²) in [4.78, 5) is 17.4. The van der Waals surface area contributed by atoms with Crippen LogP contribution in [0.2, 0.25) is 0 Å². The fourth-order valence-electron chi connectivity index (χ4n) is 2.59. The number of carbonyl (C=O) groups is 1. The lowest BCUT2D eigenvalue weighted by Crippen LogP contribution is -2.47. The van der Waals surface area contributed by atoms with E-state index in [-0.39, 0.29) is 24.2 Å². The molecule has 1 amide bonds. The van der Waals surface area contributed by atoms with Crippen molar-refractivity contribution in [2.45, 2.75) is 19.3 Å². The molecule has 0 aromatic carbocycles. The highest BCUT2D eigenvalue weighted by atomic mass is 32.2. The first-order chi connectivity index (χ1) is 10.8. The molecule has 8 nitrogen and oxygen atoms in total. The van der Waals surface area contributed by atoms with Gasteiger partial charge in [0.25, 0.3) is 0 Å². The van der Waals surface area contributed by atoms with E-state index < -0.39 is 9.84 Å². The van der Waals surface area contributed by atoms with Gasteiger partial charge in [0.15, 0.2) is 5.96 Å². The molecule has 0 bridgehead atoms. The molecule has 0 radical (unpaired) electrons. The Morgan fingerprint density at radius 2 is 2.17 bits per heavy atom. The van der Waals surface area contributed by atoms with Gasteiger partial charge in [-0.05, 0) is 18.8 Å². The molecular formula is C14H28N4O4S. The Balaban J connectivity index is 2.29. The lowest BCUT2D eigenvalue weighted by molar-refractivity contribution is -0.119. The Morgan fingerprint density at radius 1 is 1.43 bits per heavy atom. The quantitative estimate of drug-likeness (QED) is 0.338. The van der Waals surface area contributed by atoms with Crippen molar-refractivity contribution in [2.75, 3.05) is 51.9 Å². The van der Waals surface area contributed by atoms with Gasteiger partial charge in [-0.3, -0.25) is 9.79 Å². The summed E-state index contributed by atoms with van der Waals surface area (Å²) >= 11 is 0. The highest BCUT2D eigenvalue weighted by Gasteiger charge is 2.23. The van der Waals surface area contributed by atoms with Crippen molar-refractivity contribution < 1.29 is 17.9 Å². The number of guanidine groups is 1. The van der Waals surface area contributed by atoms with E-state index in [0.29, 0.717) is 19.6 Å². The Kier molecular flexibility index (Phi) is 8.32. The van der Waals surface area contributed by atoms with Crippen molar-refractivity contribution in [1.29, 1.82) is 0 Å². The highest BCUT2D eigenvalue weighted by molar-refractivity contribution is 7.90. The van der Waals surface area contributed by atoms with Gasteiger partial charge in [0.2, 0.25) is 5.91 Å². The third-order valence-corrected chi connectivity index (χ3v) is 4.56. The van der Waals surface area contributed by atoms with Gasteiger partial charge in [-0.1, -0.05) is 0 Å². The molecule has 1 aliphatic rings. The van der Waals surface area contributed by atoms with Crippen molar-refractivity contribution in [1.82, 2.24) is 10.2 Å². The summed E-state index contributed by atoms with van der Waals surface area (Å²) in [6, 6.07) is 0. The summed E-state index contributed by atoms with van der Waals surface area (Å²) in [5.74, 6) is 0.804. The number of amides is 1. The van der Waals surface area contributed by atoms with E-state index in [1.807, 2.05) is 0 Å². The van der Waals surface area contributed by atoms with Gasteiger partial charge in [0, 0.05) is 39.4 Å². The van der Waals surface area contributed by atoms with Crippen LogP contribution in [0.15, 0.2) is 4.99 Å². The molecule has 1 heterocycles. The predicted molar refractivity (Wildman–Crippen MR) is 90.0 cm³/mol. The number of hydrogen-bond donors (Lipinski definition) is 2. The summed E-state index contributed by atoms with van der Waals surface area (Å²) in [5.41, 5.74) is 5.27. The second-order valence-electron chi connectivity index (χ2n) is 5.84. The molecule has 1 fully saturated rings. The molecule has 1 atom stereocenters. The number of rotatable bonds is 8. The minimum absolute atomic E-state index is 0.0304. The van der Waals surface area contributed by atoms with Crippen molar-refractivity contribution in [3.05, 3.63) is 0 Å². The monoisotopic (exact) mass is 348 g/mol. The van der Waals surface area contributed by atoms with Crippen LogP contribution in [0, 0.1) is 5.92 Å². The molecule has 0 saturated carbocycles. The van der Waals surface area contributed by atoms with Crippen LogP contribution in [0.3, 0.4) is 0 Å². The average molecular weight is 348 g/mol. The smallest absolute Gasteiger partial charge is 0.217 e. The van der Waals surface area contributed by atoms with Gasteiger partial charge in [-0.15, -0.1) is 0 Å². The highest BCUT2D eigenvalue weighted by Crippen LogP contribution is 2.19. The number of nitrogens with one attached hydrogen (secondary N) is 1. The first kappa shape index (κ1) is 19.7. The van der Waals surface area contributed by atoms with Crippen LogP contribution < -0.4 is 11.1 Å². The molecule has 134 valence electrons. The minimum Gasteiger partial charge on any atom is -0.379 e. The van der Waals surface area contributed by atoms with E-state index in [0.717, 1.165) is 31.9 Å². The number of hydrogen-bond acceptors (Lipinski definition) is 5. The number of sulfone groups is 1. The van der Waals surface area contributed by atoms with Crippen LogP contribution in [0.25, 0.3) is 0 Å². The van der Waals surface area contributed by atoms with Crippen LogP contribution in [-0.2, 0) is 19.4 Å². The number of nitrogens with two attached hydrogens (primary N) is 1. The van der Waals surface area contributed by atoms with Gasteiger partial charge >= 0.3 is 0 Å². The zero-order valence-corrected chi connectivity index (χ0v) is 14.8. The number of likely N-dealkylation sites (tertiary alicyclic amines) is 1. The SMILES string of the molecule is CN=C(NCCOCCS(C)(=O)=O)N1CCCC(CC(N)=O)C1. The Bertz CT molecular complexity index is 507. The van der Waals surface area contributed by atoms with Crippen molar-refractivity contribution in [2.24, 2.45) is 16.6 Å². The number of ether oxygens (including phenoxy) is 1. The van der Waals surface area contributed by atoms with E-state index in [1.54, 1.807) is 7.05 Å². The Morgan fingerprint density at radius 3 is 2.78 bits per heavy atom. The van der Waals surface area contributed by atoms with E-state index in [9.17, 15) is 13.2 Å². The molecule has 3 N–H and O–H groups in total. The predicted octanol–water partition coefficient (Wildman–Crippen LogP) is -0.790. The number of nitrogens with zero attached hydrogens (tertiary/aromatic N) is 2. The van der Waals surface area contributed by atoms with Crippen LogP contribution in [0.5, 0.6) is 0 Å².